The Morgan fingerprint density at radius 2 is 2.05 bits per heavy atom. The molecule has 1 aliphatic rings. The number of hydrogen-bond acceptors (Lipinski definition) is 3. The van der Waals surface area contributed by atoms with E-state index in [9.17, 15) is 14.0 Å². The Hall–Kier alpha value is -1.66. The number of carboxylic acid groups (broad SMARTS) is 1. The molecule has 1 aromatic rings. The number of rotatable bonds is 4. The second kappa shape index (κ2) is 6.41. The average molecular weight is 316 g/mol. The Bertz CT molecular complexity index is 558. The second-order valence-electron chi connectivity index (χ2n) is 5.04. The SMILES string of the molecule is O=C(O)CC1(NC(=O)c2ccc(Cl)cc2F)CCOCC1. The van der Waals surface area contributed by atoms with E-state index >= 15 is 0 Å². The molecule has 1 aliphatic heterocycles. The average Bonchev–Trinajstić information content (AvgIpc) is 2.38. The first kappa shape index (κ1) is 15.7. The molecule has 5 nitrogen and oxygen atoms in total. The molecule has 1 heterocycles. The molecule has 1 aromatic carbocycles. The maximum Gasteiger partial charge on any atom is 0.305 e. The van der Waals surface area contributed by atoms with Crippen LogP contribution >= 0.6 is 11.6 Å². The summed E-state index contributed by atoms with van der Waals surface area (Å²) in [7, 11) is 0. The minimum Gasteiger partial charge on any atom is -0.481 e. The van der Waals surface area contributed by atoms with Gasteiger partial charge >= 0.3 is 5.97 Å². The summed E-state index contributed by atoms with van der Waals surface area (Å²) in [6.45, 7) is 0.716. The number of nitrogens with one attached hydrogen (secondary N) is 1. The molecule has 1 fully saturated rings. The third kappa shape index (κ3) is 3.92. The van der Waals surface area contributed by atoms with Gasteiger partial charge in [0, 0.05) is 18.2 Å². The number of aliphatic carboxylic acids is 1. The normalized spacial score (nSPS) is 17.2. The van der Waals surface area contributed by atoms with Crippen molar-refractivity contribution < 1.29 is 23.8 Å². The van der Waals surface area contributed by atoms with E-state index in [1.54, 1.807) is 0 Å². The van der Waals surface area contributed by atoms with Crippen molar-refractivity contribution in [2.45, 2.75) is 24.8 Å². The molecule has 1 amide bonds. The highest BCUT2D eigenvalue weighted by Crippen LogP contribution is 2.26. The highest BCUT2D eigenvalue weighted by atomic mass is 35.5. The molecule has 0 bridgehead atoms. The van der Waals surface area contributed by atoms with E-state index in [0.717, 1.165) is 6.07 Å². The predicted molar refractivity (Wildman–Crippen MR) is 73.9 cm³/mol. The zero-order valence-electron chi connectivity index (χ0n) is 11.2. The lowest BCUT2D eigenvalue weighted by molar-refractivity contribution is -0.139. The number of carbonyl (C=O) groups excluding carboxylic acids is 1. The van der Waals surface area contributed by atoms with Gasteiger partial charge in [0.15, 0.2) is 0 Å². The maximum absolute atomic E-state index is 13.8. The summed E-state index contributed by atoms with van der Waals surface area (Å²) >= 11 is 5.64. The zero-order chi connectivity index (χ0) is 15.5. The predicted octanol–water partition coefficient (Wildman–Crippen LogP) is 2.23. The second-order valence-corrected chi connectivity index (χ2v) is 5.48. The topological polar surface area (TPSA) is 75.6 Å². The van der Waals surface area contributed by atoms with Crippen LogP contribution in [-0.4, -0.2) is 35.7 Å². The Labute approximate surface area is 126 Å². The largest absolute Gasteiger partial charge is 0.481 e. The van der Waals surface area contributed by atoms with Crippen molar-refractivity contribution in [3.63, 3.8) is 0 Å². The molecule has 2 rings (SSSR count). The van der Waals surface area contributed by atoms with Crippen LogP contribution in [0.2, 0.25) is 5.02 Å². The summed E-state index contributed by atoms with van der Waals surface area (Å²) in [5.74, 6) is -2.40. The van der Waals surface area contributed by atoms with Crippen molar-refractivity contribution in [2.24, 2.45) is 0 Å². The van der Waals surface area contributed by atoms with E-state index in [1.807, 2.05) is 0 Å². The number of carbonyl (C=O) groups is 2. The van der Waals surface area contributed by atoms with E-state index in [2.05, 4.69) is 5.32 Å². The molecule has 2 N–H and O–H groups in total. The van der Waals surface area contributed by atoms with Crippen LogP contribution < -0.4 is 5.32 Å². The molecule has 0 unspecified atom stereocenters. The van der Waals surface area contributed by atoms with Gasteiger partial charge in [-0.1, -0.05) is 11.6 Å². The van der Waals surface area contributed by atoms with Gasteiger partial charge < -0.3 is 15.2 Å². The summed E-state index contributed by atoms with van der Waals surface area (Å²) < 4.78 is 19.0. The smallest absolute Gasteiger partial charge is 0.305 e. The van der Waals surface area contributed by atoms with Crippen LogP contribution in [0.3, 0.4) is 0 Å². The van der Waals surface area contributed by atoms with Crippen LogP contribution in [0.25, 0.3) is 0 Å². The van der Waals surface area contributed by atoms with Crippen LogP contribution in [0, 0.1) is 5.82 Å². The molecule has 114 valence electrons. The van der Waals surface area contributed by atoms with Crippen LogP contribution in [-0.2, 0) is 9.53 Å². The Morgan fingerprint density at radius 1 is 1.38 bits per heavy atom. The van der Waals surface area contributed by atoms with E-state index in [-0.39, 0.29) is 17.0 Å². The fourth-order valence-electron chi connectivity index (χ4n) is 2.38. The summed E-state index contributed by atoms with van der Waals surface area (Å²) in [6, 6.07) is 3.73. The van der Waals surface area contributed by atoms with Crippen LogP contribution in [0.15, 0.2) is 18.2 Å². The van der Waals surface area contributed by atoms with Gasteiger partial charge in [-0.15, -0.1) is 0 Å². The molecule has 0 aromatic heterocycles. The van der Waals surface area contributed by atoms with E-state index in [4.69, 9.17) is 21.4 Å². The molecular weight excluding hydrogens is 301 g/mol. The molecule has 7 heteroatoms. The fraction of sp³-hybridized carbons (Fsp3) is 0.429. The van der Waals surface area contributed by atoms with Gasteiger partial charge in [-0.3, -0.25) is 9.59 Å². The molecular formula is C14H15ClFNO4. The number of halogens is 2. The highest BCUT2D eigenvalue weighted by Gasteiger charge is 2.37. The van der Waals surface area contributed by atoms with Crippen LogP contribution in [0.5, 0.6) is 0 Å². The number of ether oxygens (including phenoxy) is 1. The first-order valence-electron chi connectivity index (χ1n) is 6.49. The van der Waals surface area contributed by atoms with Crippen molar-refractivity contribution >= 4 is 23.5 Å². The monoisotopic (exact) mass is 315 g/mol. The minimum absolute atomic E-state index is 0.157. The van der Waals surface area contributed by atoms with Crippen molar-refractivity contribution in [3.05, 3.63) is 34.6 Å². The molecule has 0 atom stereocenters. The van der Waals surface area contributed by atoms with Gasteiger partial charge in [0.05, 0.1) is 17.5 Å². The summed E-state index contributed by atoms with van der Waals surface area (Å²) in [6.07, 6.45) is 0.526. The lowest BCUT2D eigenvalue weighted by atomic mass is 9.86. The first-order chi connectivity index (χ1) is 9.92. The van der Waals surface area contributed by atoms with Gasteiger partial charge in [-0.25, -0.2) is 4.39 Å². The number of carboxylic acids is 1. The molecule has 21 heavy (non-hydrogen) atoms. The van der Waals surface area contributed by atoms with Crippen molar-refractivity contribution in [1.82, 2.24) is 5.32 Å². The number of benzene rings is 1. The number of hydrogen-bond donors (Lipinski definition) is 2. The van der Waals surface area contributed by atoms with E-state index in [1.165, 1.54) is 12.1 Å². The van der Waals surface area contributed by atoms with E-state index in [0.29, 0.717) is 26.1 Å². The van der Waals surface area contributed by atoms with Gasteiger partial charge in [0.1, 0.15) is 5.82 Å². The van der Waals surface area contributed by atoms with E-state index < -0.39 is 23.2 Å². The first-order valence-corrected chi connectivity index (χ1v) is 6.87. The lowest BCUT2D eigenvalue weighted by Gasteiger charge is -2.36. The minimum atomic E-state index is -1.02. The van der Waals surface area contributed by atoms with Crippen LogP contribution in [0.1, 0.15) is 29.6 Å². The van der Waals surface area contributed by atoms with Gasteiger partial charge in [0.25, 0.3) is 5.91 Å². The standard InChI is InChI=1S/C14H15ClFNO4/c15-9-1-2-10(11(16)7-9)13(20)17-14(8-12(18)19)3-5-21-6-4-14/h1-2,7H,3-6,8H2,(H,17,20)(H,18,19). The fourth-order valence-corrected chi connectivity index (χ4v) is 2.54. The van der Waals surface area contributed by atoms with Crippen LogP contribution in [0.4, 0.5) is 4.39 Å². The third-order valence-corrected chi connectivity index (χ3v) is 3.73. The highest BCUT2D eigenvalue weighted by molar-refractivity contribution is 6.30. The summed E-state index contributed by atoms with van der Waals surface area (Å²) in [5, 5.41) is 11.9. The molecule has 0 aliphatic carbocycles. The van der Waals surface area contributed by atoms with Crippen molar-refractivity contribution in [3.8, 4) is 0 Å². The summed E-state index contributed by atoms with van der Waals surface area (Å²) in [4.78, 5) is 23.2. The zero-order valence-corrected chi connectivity index (χ0v) is 12.0. The number of amides is 1. The Kier molecular flexibility index (Phi) is 4.80. The third-order valence-electron chi connectivity index (χ3n) is 3.49. The molecule has 0 saturated carbocycles. The van der Waals surface area contributed by atoms with Gasteiger partial charge in [-0.2, -0.15) is 0 Å². The Morgan fingerprint density at radius 3 is 2.62 bits per heavy atom. The van der Waals surface area contributed by atoms with Gasteiger partial charge in [0.2, 0.25) is 0 Å². The molecule has 0 spiro atoms. The quantitative estimate of drug-likeness (QED) is 0.893. The maximum atomic E-state index is 13.8. The van der Waals surface area contributed by atoms with Gasteiger partial charge in [-0.05, 0) is 31.0 Å². The van der Waals surface area contributed by atoms with Crippen molar-refractivity contribution in [1.29, 1.82) is 0 Å². The summed E-state index contributed by atoms with van der Waals surface area (Å²) in [5.41, 5.74) is -1.07. The molecule has 1 saturated heterocycles. The molecule has 0 radical (unpaired) electrons. The Balaban J connectivity index is 2.19. The lowest BCUT2D eigenvalue weighted by Crippen LogP contribution is -2.53. The van der Waals surface area contributed by atoms with Crippen molar-refractivity contribution in [2.75, 3.05) is 13.2 Å².